The molecule has 0 bridgehead atoms. The van der Waals surface area contributed by atoms with Crippen molar-refractivity contribution in [1.29, 1.82) is 0 Å². The molecule has 1 aliphatic carbocycles. The van der Waals surface area contributed by atoms with Crippen LogP contribution in [0.2, 0.25) is 5.02 Å². The molecule has 1 saturated carbocycles. The Hall–Kier alpha value is -1.42. The summed E-state index contributed by atoms with van der Waals surface area (Å²) >= 11 is 5.72. The van der Waals surface area contributed by atoms with Gasteiger partial charge in [0, 0.05) is 51.1 Å². The zero-order valence-corrected chi connectivity index (χ0v) is 23.0. The number of halogens is 10. The molecule has 3 rings (SSSR count). The van der Waals surface area contributed by atoms with E-state index < -0.39 is 80.8 Å². The van der Waals surface area contributed by atoms with Crippen LogP contribution in [0.15, 0.2) is 12.1 Å². The van der Waals surface area contributed by atoms with Gasteiger partial charge in [-0.05, 0) is 31.9 Å². The number of nitrogens with zero attached hydrogens (tertiary/aromatic N) is 2. The van der Waals surface area contributed by atoms with Crippen molar-refractivity contribution in [3.63, 3.8) is 0 Å². The Morgan fingerprint density at radius 3 is 1.97 bits per heavy atom. The SMILES string of the molecule is CCS(=O)(=O)N1CCN(C2(CNC(=O)c3c(Cl)cc(C(F)(F)F)cc3C(F)(F)F)CCC(F)(F)CC2)CC1.Cl. The summed E-state index contributed by atoms with van der Waals surface area (Å²) in [5.41, 5.74) is -5.90. The Labute approximate surface area is 231 Å². The molecular weight excluding hydrogens is 609 g/mol. The van der Waals surface area contributed by atoms with Crippen LogP contribution < -0.4 is 5.32 Å². The van der Waals surface area contributed by atoms with Crippen LogP contribution in [0.25, 0.3) is 0 Å². The van der Waals surface area contributed by atoms with Gasteiger partial charge in [-0.2, -0.15) is 30.6 Å². The zero-order chi connectivity index (χ0) is 28.7. The summed E-state index contributed by atoms with van der Waals surface area (Å²) in [6.45, 7) is 1.47. The monoisotopic (exact) mass is 635 g/mol. The Morgan fingerprint density at radius 1 is 0.974 bits per heavy atom. The summed E-state index contributed by atoms with van der Waals surface area (Å²) < 4.78 is 134. The number of piperazine rings is 1. The van der Waals surface area contributed by atoms with Crippen molar-refractivity contribution in [3.05, 3.63) is 33.8 Å². The predicted octanol–water partition coefficient (Wildman–Crippen LogP) is 5.44. The molecule has 1 heterocycles. The summed E-state index contributed by atoms with van der Waals surface area (Å²) in [6, 6.07) is 0.0150. The van der Waals surface area contributed by atoms with Crippen molar-refractivity contribution in [2.75, 3.05) is 38.5 Å². The van der Waals surface area contributed by atoms with Crippen LogP contribution in [0.1, 0.15) is 54.1 Å². The Bertz CT molecular complexity index is 1140. The maximum Gasteiger partial charge on any atom is 0.417 e. The number of amides is 1. The van der Waals surface area contributed by atoms with E-state index in [1.165, 1.54) is 11.2 Å². The molecule has 0 unspecified atom stereocenters. The average molecular weight is 636 g/mol. The molecule has 0 aromatic heterocycles. The van der Waals surface area contributed by atoms with Crippen LogP contribution in [0.3, 0.4) is 0 Å². The van der Waals surface area contributed by atoms with Crippen LogP contribution in [0.5, 0.6) is 0 Å². The number of hydrogen-bond acceptors (Lipinski definition) is 4. The van der Waals surface area contributed by atoms with Crippen molar-refractivity contribution >= 4 is 39.9 Å². The smallest absolute Gasteiger partial charge is 0.350 e. The van der Waals surface area contributed by atoms with E-state index in [0.717, 1.165) is 0 Å². The molecule has 39 heavy (non-hydrogen) atoms. The number of rotatable bonds is 6. The zero-order valence-electron chi connectivity index (χ0n) is 20.6. The van der Waals surface area contributed by atoms with E-state index in [9.17, 15) is 48.3 Å². The molecule has 1 amide bonds. The molecule has 1 aromatic rings. The minimum atomic E-state index is -5.34. The predicted molar refractivity (Wildman–Crippen MR) is 130 cm³/mol. The van der Waals surface area contributed by atoms with E-state index >= 15 is 0 Å². The lowest BCUT2D eigenvalue weighted by Crippen LogP contribution is -2.63. The number of nitrogens with one attached hydrogen (secondary N) is 1. The standard InChI is InChI=1S/C22H26ClF8N3O3S.ClH/c1-2-38(36,37)34-9-7-33(8-10-34)19(3-5-20(24,25)6-4-19)13-32-18(35)17-15(22(29,30)31)11-14(12-16(17)23)21(26,27)28;/h11-12H,2-10,13H2,1H3,(H,32,35);1H. The highest BCUT2D eigenvalue weighted by Gasteiger charge is 2.48. The number of carbonyl (C=O) groups is 1. The highest BCUT2D eigenvalue weighted by atomic mass is 35.5. The van der Waals surface area contributed by atoms with Crippen molar-refractivity contribution in [3.8, 4) is 0 Å². The Morgan fingerprint density at radius 2 is 1.51 bits per heavy atom. The highest BCUT2D eigenvalue weighted by molar-refractivity contribution is 7.89. The van der Waals surface area contributed by atoms with Crippen molar-refractivity contribution < 1.29 is 48.3 Å². The van der Waals surface area contributed by atoms with Gasteiger partial charge in [-0.25, -0.2) is 17.2 Å². The molecule has 0 radical (unpaired) electrons. The lowest BCUT2D eigenvalue weighted by molar-refractivity contribution is -0.143. The molecular formula is C22H27Cl2F8N3O3S. The third-order valence-electron chi connectivity index (χ3n) is 7.11. The highest BCUT2D eigenvalue weighted by Crippen LogP contribution is 2.43. The second-order valence-electron chi connectivity index (χ2n) is 9.43. The third kappa shape index (κ3) is 7.66. The molecule has 0 atom stereocenters. The Balaban J connectivity index is 0.00000533. The van der Waals surface area contributed by atoms with Gasteiger partial charge in [0.05, 0.1) is 27.5 Å². The summed E-state index contributed by atoms with van der Waals surface area (Å²) in [5.74, 6) is -4.52. The van der Waals surface area contributed by atoms with Gasteiger partial charge in [-0.15, -0.1) is 12.4 Å². The van der Waals surface area contributed by atoms with Gasteiger partial charge < -0.3 is 5.32 Å². The van der Waals surface area contributed by atoms with Crippen LogP contribution >= 0.6 is 24.0 Å². The van der Waals surface area contributed by atoms with Gasteiger partial charge in [-0.3, -0.25) is 9.69 Å². The molecule has 224 valence electrons. The van der Waals surface area contributed by atoms with Gasteiger partial charge in [0.15, 0.2) is 0 Å². The van der Waals surface area contributed by atoms with Crippen molar-refractivity contribution in [2.45, 2.75) is 56.4 Å². The topological polar surface area (TPSA) is 69.7 Å². The molecule has 6 nitrogen and oxygen atoms in total. The first-order valence-electron chi connectivity index (χ1n) is 11.7. The number of carbonyl (C=O) groups excluding carboxylic acids is 1. The number of benzene rings is 1. The summed E-state index contributed by atoms with van der Waals surface area (Å²) in [4.78, 5) is 14.6. The lowest BCUT2D eigenvalue weighted by Gasteiger charge is -2.50. The van der Waals surface area contributed by atoms with Gasteiger partial charge >= 0.3 is 12.4 Å². The van der Waals surface area contributed by atoms with E-state index in [4.69, 9.17) is 11.6 Å². The quantitative estimate of drug-likeness (QED) is 0.423. The van der Waals surface area contributed by atoms with E-state index in [1.54, 1.807) is 4.90 Å². The van der Waals surface area contributed by atoms with E-state index in [1.807, 2.05) is 0 Å². The number of sulfonamides is 1. The maximum absolute atomic E-state index is 14.0. The first-order valence-corrected chi connectivity index (χ1v) is 13.7. The second kappa shape index (κ2) is 11.8. The summed E-state index contributed by atoms with van der Waals surface area (Å²) in [5, 5.41) is 1.21. The van der Waals surface area contributed by atoms with Crippen molar-refractivity contribution in [1.82, 2.24) is 14.5 Å². The molecule has 1 aromatic carbocycles. The van der Waals surface area contributed by atoms with E-state index in [2.05, 4.69) is 5.32 Å². The fourth-order valence-corrected chi connectivity index (χ4v) is 6.26. The maximum atomic E-state index is 14.0. The minimum Gasteiger partial charge on any atom is -0.350 e. The third-order valence-corrected chi connectivity index (χ3v) is 9.29. The molecule has 2 fully saturated rings. The molecule has 17 heteroatoms. The van der Waals surface area contributed by atoms with Crippen LogP contribution in [-0.2, 0) is 22.4 Å². The fraction of sp³-hybridized carbons (Fsp3) is 0.682. The Kier molecular flexibility index (Phi) is 10.2. The van der Waals surface area contributed by atoms with Crippen LogP contribution in [0, 0.1) is 0 Å². The lowest BCUT2D eigenvalue weighted by atomic mass is 9.78. The molecule has 1 aliphatic heterocycles. The minimum absolute atomic E-state index is 0. The first kappa shape index (κ1) is 33.8. The van der Waals surface area contributed by atoms with Crippen LogP contribution in [0.4, 0.5) is 35.1 Å². The fourth-order valence-electron chi connectivity index (χ4n) is 4.87. The van der Waals surface area contributed by atoms with Crippen molar-refractivity contribution in [2.24, 2.45) is 0 Å². The number of alkyl halides is 8. The van der Waals surface area contributed by atoms with Gasteiger partial charge in [0.25, 0.3) is 5.91 Å². The summed E-state index contributed by atoms with van der Waals surface area (Å²) in [7, 11) is -3.50. The molecule has 2 aliphatic rings. The van der Waals surface area contributed by atoms with Gasteiger partial charge in [0.2, 0.25) is 15.9 Å². The van der Waals surface area contributed by atoms with E-state index in [-0.39, 0.29) is 69.3 Å². The number of hydrogen-bond donors (Lipinski definition) is 1. The van der Waals surface area contributed by atoms with Crippen LogP contribution in [-0.4, -0.2) is 73.5 Å². The molecule has 1 saturated heterocycles. The van der Waals surface area contributed by atoms with Gasteiger partial charge in [0.1, 0.15) is 0 Å². The molecule has 1 N–H and O–H groups in total. The molecule has 0 spiro atoms. The van der Waals surface area contributed by atoms with E-state index in [0.29, 0.717) is 0 Å². The summed E-state index contributed by atoms with van der Waals surface area (Å²) in [6.07, 6.45) is -11.9. The largest absolute Gasteiger partial charge is 0.417 e. The second-order valence-corrected chi connectivity index (χ2v) is 12.1. The van der Waals surface area contributed by atoms with Gasteiger partial charge in [-0.1, -0.05) is 11.6 Å². The average Bonchev–Trinajstić information content (AvgIpc) is 2.82. The normalized spacial score (nSPS) is 20.8. The first-order chi connectivity index (χ1) is 17.3.